The predicted molar refractivity (Wildman–Crippen MR) is 75.9 cm³/mol. The van der Waals surface area contributed by atoms with Crippen molar-refractivity contribution in [3.05, 3.63) is 29.8 Å². The standard InChI is InChI=1S/C12H15N3O5S/c1-21(17,18)19-7-8-6-15(12(16)20-8)10-5-3-2-4-9(10)11(13)14/h2-5,8H,6-7H2,1H3,(H3,13,14). The maximum atomic E-state index is 11.9. The lowest BCUT2D eigenvalue weighted by Gasteiger charge is -2.16. The van der Waals surface area contributed by atoms with Crippen LogP contribution in [0.25, 0.3) is 0 Å². The van der Waals surface area contributed by atoms with Gasteiger partial charge in [-0.05, 0) is 12.1 Å². The third-order valence-corrected chi connectivity index (χ3v) is 3.39. The number of nitrogen functional groups attached to an aromatic ring is 1. The van der Waals surface area contributed by atoms with E-state index in [9.17, 15) is 13.2 Å². The molecule has 9 heteroatoms. The number of cyclic esters (lactones) is 1. The van der Waals surface area contributed by atoms with E-state index in [1.54, 1.807) is 24.3 Å². The van der Waals surface area contributed by atoms with Crippen molar-refractivity contribution in [3.8, 4) is 0 Å². The summed E-state index contributed by atoms with van der Waals surface area (Å²) in [6.45, 7) is -0.123. The average molecular weight is 313 g/mol. The molecule has 1 heterocycles. The Morgan fingerprint density at radius 3 is 2.81 bits per heavy atom. The van der Waals surface area contributed by atoms with E-state index in [0.717, 1.165) is 6.26 Å². The number of benzene rings is 1. The highest BCUT2D eigenvalue weighted by Crippen LogP contribution is 2.25. The fourth-order valence-electron chi connectivity index (χ4n) is 1.94. The second kappa shape index (κ2) is 5.70. The summed E-state index contributed by atoms with van der Waals surface area (Å²) in [5, 5.41) is 7.51. The summed E-state index contributed by atoms with van der Waals surface area (Å²) in [6.07, 6.45) is -0.412. The molecule has 1 aromatic rings. The first-order valence-electron chi connectivity index (χ1n) is 6.04. The van der Waals surface area contributed by atoms with E-state index in [1.807, 2.05) is 0 Å². The van der Waals surface area contributed by atoms with Gasteiger partial charge in [0.2, 0.25) is 0 Å². The minimum Gasteiger partial charge on any atom is -0.441 e. The number of nitrogens with one attached hydrogen (secondary N) is 1. The Morgan fingerprint density at radius 1 is 1.52 bits per heavy atom. The largest absolute Gasteiger partial charge is 0.441 e. The fraction of sp³-hybridized carbons (Fsp3) is 0.333. The zero-order valence-corrected chi connectivity index (χ0v) is 12.1. The van der Waals surface area contributed by atoms with E-state index < -0.39 is 22.3 Å². The summed E-state index contributed by atoms with van der Waals surface area (Å²) in [7, 11) is -3.60. The normalized spacial score (nSPS) is 18.6. The Morgan fingerprint density at radius 2 is 2.19 bits per heavy atom. The SMILES string of the molecule is CS(=O)(=O)OCC1CN(c2ccccc2C(=N)N)C(=O)O1. The highest BCUT2D eigenvalue weighted by molar-refractivity contribution is 7.85. The molecule has 3 N–H and O–H groups in total. The van der Waals surface area contributed by atoms with E-state index in [-0.39, 0.29) is 19.0 Å². The maximum absolute atomic E-state index is 11.9. The summed E-state index contributed by atoms with van der Waals surface area (Å²) in [6, 6.07) is 6.66. The molecule has 1 unspecified atom stereocenters. The lowest BCUT2D eigenvalue weighted by atomic mass is 10.1. The Bertz CT molecular complexity index is 673. The zero-order chi connectivity index (χ0) is 15.6. The summed E-state index contributed by atoms with van der Waals surface area (Å²) in [4.78, 5) is 13.2. The number of hydrogen-bond donors (Lipinski definition) is 2. The number of rotatable bonds is 5. The van der Waals surface area contributed by atoms with Crippen LogP contribution in [-0.2, 0) is 19.0 Å². The van der Waals surface area contributed by atoms with Crippen LogP contribution in [0.3, 0.4) is 0 Å². The van der Waals surface area contributed by atoms with Gasteiger partial charge in [-0.25, -0.2) is 4.79 Å². The number of anilines is 1. The Labute approximate surface area is 122 Å². The summed E-state index contributed by atoms with van der Waals surface area (Å²) in [5.41, 5.74) is 6.32. The Balaban J connectivity index is 2.16. The highest BCUT2D eigenvalue weighted by Gasteiger charge is 2.34. The second-order valence-electron chi connectivity index (χ2n) is 4.54. The fourth-order valence-corrected chi connectivity index (χ4v) is 2.34. The van der Waals surface area contributed by atoms with E-state index >= 15 is 0 Å². The molecule has 0 aliphatic carbocycles. The first-order valence-corrected chi connectivity index (χ1v) is 7.85. The number of ether oxygens (including phenoxy) is 1. The lowest BCUT2D eigenvalue weighted by Crippen LogP contribution is -2.28. The van der Waals surface area contributed by atoms with Gasteiger partial charge in [-0.15, -0.1) is 0 Å². The molecule has 114 valence electrons. The average Bonchev–Trinajstić information content (AvgIpc) is 2.77. The second-order valence-corrected chi connectivity index (χ2v) is 6.18. The number of carbonyl (C=O) groups excluding carboxylic acids is 1. The smallest absolute Gasteiger partial charge is 0.414 e. The first-order chi connectivity index (χ1) is 9.78. The van der Waals surface area contributed by atoms with Crippen LogP contribution in [0.4, 0.5) is 10.5 Å². The molecule has 1 amide bonds. The van der Waals surface area contributed by atoms with E-state index in [2.05, 4.69) is 4.18 Å². The molecule has 0 radical (unpaired) electrons. The molecule has 1 aliphatic heterocycles. The van der Waals surface area contributed by atoms with Crippen LogP contribution in [0.5, 0.6) is 0 Å². The molecule has 1 atom stereocenters. The van der Waals surface area contributed by atoms with Crippen LogP contribution in [0, 0.1) is 5.41 Å². The molecule has 21 heavy (non-hydrogen) atoms. The van der Waals surface area contributed by atoms with Gasteiger partial charge >= 0.3 is 6.09 Å². The van der Waals surface area contributed by atoms with E-state index in [1.165, 1.54) is 4.90 Å². The van der Waals surface area contributed by atoms with Crippen molar-refractivity contribution in [2.45, 2.75) is 6.10 Å². The van der Waals surface area contributed by atoms with Crippen molar-refractivity contribution in [2.24, 2.45) is 5.73 Å². The number of nitrogens with two attached hydrogens (primary N) is 1. The van der Waals surface area contributed by atoms with Gasteiger partial charge in [-0.2, -0.15) is 8.42 Å². The van der Waals surface area contributed by atoms with Crippen molar-refractivity contribution in [3.63, 3.8) is 0 Å². The van der Waals surface area contributed by atoms with Gasteiger partial charge in [-0.1, -0.05) is 12.1 Å². The third kappa shape index (κ3) is 3.70. The van der Waals surface area contributed by atoms with Gasteiger partial charge in [-0.3, -0.25) is 14.5 Å². The van der Waals surface area contributed by atoms with E-state index in [0.29, 0.717) is 11.3 Å². The van der Waals surface area contributed by atoms with Gasteiger partial charge in [0.05, 0.1) is 18.5 Å². The predicted octanol–water partition coefficient (Wildman–Crippen LogP) is 0.272. The van der Waals surface area contributed by atoms with Crippen LogP contribution in [0.1, 0.15) is 5.56 Å². The first kappa shape index (κ1) is 15.3. The molecule has 1 aliphatic rings. The minimum absolute atomic E-state index is 0.124. The molecule has 1 aromatic carbocycles. The Kier molecular flexibility index (Phi) is 4.14. The van der Waals surface area contributed by atoms with Crippen molar-refractivity contribution in [2.75, 3.05) is 24.3 Å². The van der Waals surface area contributed by atoms with Gasteiger partial charge in [0.25, 0.3) is 10.1 Å². The molecule has 1 fully saturated rings. The molecular weight excluding hydrogens is 298 g/mol. The van der Waals surface area contributed by atoms with Crippen molar-refractivity contribution < 1.29 is 22.1 Å². The highest BCUT2D eigenvalue weighted by atomic mass is 32.2. The van der Waals surface area contributed by atoms with Gasteiger partial charge < -0.3 is 10.5 Å². The number of amidine groups is 1. The lowest BCUT2D eigenvalue weighted by molar-refractivity contribution is 0.107. The summed E-state index contributed by atoms with van der Waals surface area (Å²) >= 11 is 0. The minimum atomic E-state index is -3.60. The van der Waals surface area contributed by atoms with Crippen LogP contribution in [-0.4, -0.2) is 45.9 Å². The molecule has 0 spiro atoms. The quantitative estimate of drug-likeness (QED) is 0.457. The summed E-state index contributed by atoms with van der Waals surface area (Å²) in [5.74, 6) is -0.172. The van der Waals surface area contributed by atoms with Crippen molar-refractivity contribution in [1.29, 1.82) is 5.41 Å². The van der Waals surface area contributed by atoms with Crippen LogP contribution < -0.4 is 10.6 Å². The monoisotopic (exact) mass is 313 g/mol. The topological polar surface area (TPSA) is 123 Å². The van der Waals surface area contributed by atoms with Gasteiger partial charge in [0.15, 0.2) is 0 Å². The van der Waals surface area contributed by atoms with E-state index in [4.69, 9.17) is 15.9 Å². The molecule has 1 saturated heterocycles. The number of carbonyl (C=O) groups is 1. The third-order valence-electron chi connectivity index (χ3n) is 2.83. The van der Waals surface area contributed by atoms with Crippen molar-refractivity contribution >= 4 is 27.7 Å². The zero-order valence-electron chi connectivity index (χ0n) is 11.3. The molecule has 0 saturated carbocycles. The maximum Gasteiger partial charge on any atom is 0.414 e. The van der Waals surface area contributed by atoms with Gasteiger partial charge in [0, 0.05) is 5.56 Å². The number of para-hydroxylation sites is 1. The van der Waals surface area contributed by atoms with Crippen LogP contribution in [0.15, 0.2) is 24.3 Å². The molecule has 0 aromatic heterocycles. The molecular formula is C12H15N3O5S. The number of amides is 1. The van der Waals surface area contributed by atoms with Crippen LogP contribution >= 0.6 is 0 Å². The molecule has 0 bridgehead atoms. The van der Waals surface area contributed by atoms with Gasteiger partial charge in [0.1, 0.15) is 18.5 Å². The summed E-state index contributed by atoms with van der Waals surface area (Å²) < 4.78 is 31.6. The molecule has 2 rings (SSSR count). The number of hydrogen-bond acceptors (Lipinski definition) is 6. The Hall–Kier alpha value is -2.13. The number of nitrogens with zero attached hydrogens (tertiary/aromatic N) is 1. The van der Waals surface area contributed by atoms with Crippen LogP contribution in [0.2, 0.25) is 0 Å². The molecule has 8 nitrogen and oxygen atoms in total. The van der Waals surface area contributed by atoms with Crippen molar-refractivity contribution in [1.82, 2.24) is 0 Å².